The fourth-order valence-corrected chi connectivity index (χ4v) is 1.52. The summed E-state index contributed by atoms with van der Waals surface area (Å²) in [6.45, 7) is 6.05. The molecule has 0 spiro atoms. The molecule has 0 aliphatic heterocycles. The molecule has 1 rings (SSSR count). The second-order valence-corrected chi connectivity index (χ2v) is 4.02. The Hall–Kier alpha value is -0.340. The number of rotatable bonds is 1. The van der Waals surface area contributed by atoms with E-state index < -0.39 is 6.10 Å². The van der Waals surface area contributed by atoms with Crippen LogP contribution in [0.1, 0.15) is 27.2 Å². The van der Waals surface area contributed by atoms with Gasteiger partial charge in [-0.05, 0) is 12.3 Å². The lowest BCUT2D eigenvalue weighted by Gasteiger charge is -2.30. The number of aliphatic hydroxyl groups excluding tert-OH is 2. The highest BCUT2D eigenvalue weighted by molar-refractivity contribution is 5.14. The minimum Gasteiger partial charge on any atom is -0.392 e. The van der Waals surface area contributed by atoms with Gasteiger partial charge in [0.2, 0.25) is 0 Å². The van der Waals surface area contributed by atoms with Crippen LogP contribution >= 0.6 is 0 Å². The summed E-state index contributed by atoms with van der Waals surface area (Å²) < 4.78 is 0. The van der Waals surface area contributed by atoms with Gasteiger partial charge in [-0.15, -0.1) is 0 Å². The lowest BCUT2D eigenvalue weighted by Crippen LogP contribution is -2.33. The van der Waals surface area contributed by atoms with Crippen molar-refractivity contribution in [3.05, 3.63) is 11.6 Å². The first kappa shape index (κ1) is 9.75. The van der Waals surface area contributed by atoms with Gasteiger partial charge in [0.05, 0.1) is 12.2 Å². The van der Waals surface area contributed by atoms with Crippen molar-refractivity contribution in [2.75, 3.05) is 0 Å². The van der Waals surface area contributed by atoms with E-state index in [4.69, 9.17) is 0 Å². The topological polar surface area (TPSA) is 40.5 Å². The smallest absolute Gasteiger partial charge is 0.0773 e. The molecule has 3 atom stereocenters. The molecule has 0 bridgehead atoms. The van der Waals surface area contributed by atoms with E-state index in [0.29, 0.717) is 5.92 Å². The minimum absolute atomic E-state index is 0.0208. The highest BCUT2D eigenvalue weighted by atomic mass is 16.3. The van der Waals surface area contributed by atoms with Crippen LogP contribution in [0, 0.1) is 11.8 Å². The Morgan fingerprint density at radius 2 is 2.00 bits per heavy atom. The molecule has 2 nitrogen and oxygen atoms in total. The Balaban J connectivity index is 2.74. The van der Waals surface area contributed by atoms with Crippen molar-refractivity contribution in [3.63, 3.8) is 0 Å². The lowest BCUT2D eigenvalue weighted by molar-refractivity contribution is 0.0336. The maximum Gasteiger partial charge on any atom is 0.0773 e. The highest BCUT2D eigenvalue weighted by Gasteiger charge is 2.27. The Labute approximate surface area is 73.9 Å². The molecule has 2 N–H and O–H groups in total. The van der Waals surface area contributed by atoms with Crippen LogP contribution in [0.4, 0.5) is 0 Å². The van der Waals surface area contributed by atoms with Gasteiger partial charge in [-0.2, -0.15) is 0 Å². The van der Waals surface area contributed by atoms with E-state index in [9.17, 15) is 10.2 Å². The summed E-state index contributed by atoms with van der Waals surface area (Å²) in [7, 11) is 0. The summed E-state index contributed by atoms with van der Waals surface area (Å²) >= 11 is 0. The summed E-state index contributed by atoms with van der Waals surface area (Å²) in [5, 5.41) is 19.1. The fourth-order valence-electron chi connectivity index (χ4n) is 1.52. The molecule has 0 aromatic heterocycles. The Morgan fingerprint density at radius 1 is 1.42 bits per heavy atom. The summed E-state index contributed by atoms with van der Waals surface area (Å²) in [5.74, 6) is 0.411. The van der Waals surface area contributed by atoms with Crippen molar-refractivity contribution in [2.24, 2.45) is 11.8 Å². The molecule has 0 fully saturated rings. The molecule has 0 radical (unpaired) electrons. The van der Waals surface area contributed by atoms with E-state index in [0.717, 1.165) is 6.42 Å². The molecule has 0 saturated carbocycles. The van der Waals surface area contributed by atoms with Crippen molar-refractivity contribution < 1.29 is 10.2 Å². The van der Waals surface area contributed by atoms with Crippen molar-refractivity contribution in [2.45, 2.75) is 39.4 Å². The standard InChI is InChI=1S/C10H18O2/c1-6(2)8-4-9(11)7(3)10(12)5-8/h4,6-7,9-12H,5H2,1-3H3/t7-,9-,10-/m1/s1. The van der Waals surface area contributed by atoms with Gasteiger partial charge in [0, 0.05) is 5.92 Å². The van der Waals surface area contributed by atoms with Gasteiger partial charge in [0.15, 0.2) is 0 Å². The largest absolute Gasteiger partial charge is 0.392 e. The van der Waals surface area contributed by atoms with Gasteiger partial charge >= 0.3 is 0 Å². The minimum atomic E-state index is -0.467. The van der Waals surface area contributed by atoms with E-state index in [1.807, 2.05) is 13.0 Å². The number of hydrogen-bond acceptors (Lipinski definition) is 2. The van der Waals surface area contributed by atoms with Crippen molar-refractivity contribution in [1.82, 2.24) is 0 Å². The summed E-state index contributed by atoms with van der Waals surface area (Å²) in [4.78, 5) is 0. The monoisotopic (exact) mass is 170 g/mol. The van der Waals surface area contributed by atoms with Gasteiger partial charge in [-0.25, -0.2) is 0 Å². The molecule has 0 amide bonds. The zero-order valence-corrected chi connectivity index (χ0v) is 7.99. The van der Waals surface area contributed by atoms with Crippen LogP contribution in [0.25, 0.3) is 0 Å². The van der Waals surface area contributed by atoms with Crippen LogP contribution in [0.5, 0.6) is 0 Å². The van der Waals surface area contributed by atoms with Crippen LogP contribution in [0.3, 0.4) is 0 Å². The Morgan fingerprint density at radius 3 is 2.42 bits per heavy atom. The molecule has 0 saturated heterocycles. The van der Waals surface area contributed by atoms with Crippen molar-refractivity contribution in [1.29, 1.82) is 0 Å². The number of hydrogen-bond donors (Lipinski definition) is 2. The average molecular weight is 170 g/mol. The molecular formula is C10H18O2. The average Bonchev–Trinajstić information content (AvgIpc) is 1.99. The van der Waals surface area contributed by atoms with Gasteiger partial charge in [0.1, 0.15) is 0 Å². The van der Waals surface area contributed by atoms with Crippen molar-refractivity contribution in [3.8, 4) is 0 Å². The molecule has 0 heterocycles. The molecule has 0 unspecified atom stereocenters. The van der Waals surface area contributed by atoms with E-state index in [1.54, 1.807) is 0 Å². The van der Waals surface area contributed by atoms with Crippen LogP contribution in [-0.2, 0) is 0 Å². The molecule has 70 valence electrons. The molecule has 1 aliphatic rings. The van der Waals surface area contributed by atoms with Crippen LogP contribution < -0.4 is 0 Å². The van der Waals surface area contributed by atoms with Gasteiger partial charge < -0.3 is 10.2 Å². The second kappa shape index (κ2) is 3.58. The van der Waals surface area contributed by atoms with E-state index in [-0.39, 0.29) is 12.0 Å². The molecule has 2 heteroatoms. The predicted molar refractivity (Wildman–Crippen MR) is 48.7 cm³/mol. The third-order valence-electron chi connectivity index (χ3n) is 2.72. The molecular weight excluding hydrogens is 152 g/mol. The van der Waals surface area contributed by atoms with Gasteiger partial charge in [0.25, 0.3) is 0 Å². The maximum atomic E-state index is 9.57. The summed E-state index contributed by atoms with van der Waals surface area (Å²) in [5.41, 5.74) is 1.17. The fraction of sp³-hybridized carbons (Fsp3) is 0.800. The molecule has 1 aliphatic carbocycles. The maximum absolute atomic E-state index is 9.57. The van der Waals surface area contributed by atoms with Crippen molar-refractivity contribution >= 4 is 0 Å². The first-order valence-corrected chi connectivity index (χ1v) is 4.59. The van der Waals surface area contributed by atoms with Gasteiger partial charge in [-0.1, -0.05) is 32.4 Å². The summed E-state index contributed by atoms with van der Waals surface area (Å²) in [6, 6.07) is 0. The SMILES string of the molecule is CC(C)C1=C[C@@H](O)[C@@H](C)[C@H](O)C1. The third kappa shape index (κ3) is 1.87. The van der Waals surface area contributed by atoms with Gasteiger partial charge in [-0.3, -0.25) is 0 Å². The zero-order valence-electron chi connectivity index (χ0n) is 7.99. The molecule has 0 aromatic carbocycles. The Bertz CT molecular complexity index is 184. The second-order valence-electron chi connectivity index (χ2n) is 4.02. The Kier molecular flexibility index (Phi) is 2.91. The van der Waals surface area contributed by atoms with Crippen LogP contribution in [-0.4, -0.2) is 22.4 Å². The number of aliphatic hydroxyl groups is 2. The predicted octanol–water partition coefficient (Wildman–Crippen LogP) is 1.33. The molecule has 12 heavy (non-hydrogen) atoms. The first-order valence-electron chi connectivity index (χ1n) is 4.59. The highest BCUT2D eigenvalue weighted by Crippen LogP contribution is 2.28. The third-order valence-corrected chi connectivity index (χ3v) is 2.72. The van der Waals surface area contributed by atoms with E-state index in [2.05, 4.69) is 13.8 Å². The quantitative estimate of drug-likeness (QED) is 0.583. The normalized spacial score (nSPS) is 36.8. The van der Waals surface area contributed by atoms with E-state index >= 15 is 0 Å². The lowest BCUT2D eigenvalue weighted by atomic mass is 9.82. The van der Waals surface area contributed by atoms with Crippen LogP contribution in [0.2, 0.25) is 0 Å². The molecule has 0 aromatic rings. The van der Waals surface area contributed by atoms with E-state index in [1.165, 1.54) is 5.57 Å². The summed E-state index contributed by atoms with van der Waals surface area (Å²) in [6.07, 6.45) is 1.77. The van der Waals surface area contributed by atoms with Crippen LogP contribution in [0.15, 0.2) is 11.6 Å². The first-order chi connectivity index (χ1) is 5.52. The zero-order chi connectivity index (χ0) is 9.30.